The Kier molecular flexibility index (Phi) is 5.57. The molecular formula is C26H28ClN3. The van der Waals surface area contributed by atoms with E-state index < -0.39 is 0 Å². The van der Waals surface area contributed by atoms with Gasteiger partial charge < -0.3 is 9.47 Å². The Morgan fingerprint density at radius 1 is 0.900 bits per heavy atom. The fraction of sp³-hybridized carbons (Fsp3) is 0.269. The molecule has 0 unspecified atom stereocenters. The molecule has 0 saturated carbocycles. The van der Waals surface area contributed by atoms with Gasteiger partial charge in [-0.05, 0) is 55.5 Å². The topological polar surface area (TPSA) is 21.1 Å². The Labute approximate surface area is 184 Å². The maximum absolute atomic E-state index is 4.88. The largest absolute Gasteiger partial charge is 0.350 e. The summed E-state index contributed by atoms with van der Waals surface area (Å²) in [5, 5.41) is 1.32. The number of anilines is 1. The van der Waals surface area contributed by atoms with Crippen molar-refractivity contribution in [2.45, 2.75) is 40.3 Å². The molecule has 4 heteroatoms. The Bertz CT molecular complexity index is 1190. The average Bonchev–Trinajstić information content (AvgIpc) is 3.00. The molecule has 0 fully saturated rings. The SMILES string of the molecule is Cc1ccc(Cn2c(C)c(C)c3ccnc(N4CCc5ccccc5C4)c32)cc1.Cl. The van der Waals surface area contributed by atoms with Gasteiger partial charge in [0.1, 0.15) is 0 Å². The zero-order chi connectivity index (χ0) is 20.0. The van der Waals surface area contributed by atoms with Crippen LogP contribution in [0.4, 0.5) is 5.82 Å². The van der Waals surface area contributed by atoms with E-state index in [0.29, 0.717) is 0 Å². The smallest absolute Gasteiger partial charge is 0.153 e. The minimum Gasteiger partial charge on any atom is -0.350 e. The molecule has 154 valence electrons. The molecule has 2 aromatic heterocycles. The second kappa shape index (κ2) is 8.16. The summed E-state index contributed by atoms with van der Waals surface area (Å²) in [7, 11) is 0. The van der Waals surface area contributed by atoms with Crippen LogP contribution in [0.3, 0.4) is 0 Å². The van der Waals surface area contributed by atoms with Crippen molar-refractivity contribution in [2.24, 2.45) is 0 Å². The Morgan fingerprint density at radius 3 is 2.40 bits per heavy atom. The van der Waals surface area contributed by atoms with Gasteiger partial charge in [-0.25, -0.2) is 4.98 Å². The molecule has 0 spiro atoms. The molecular weight excluding hydrogens is 390 g/mol. The fourth-order valence-electron chi connectivity index (χ4n) is 4.56. The quantitative estimate of drug-likeness (QED) is 0.408. The number of aromatic nitrogens is 2. The summed E-state index contributed by atoms with van der Waals surface area (Å²) in [5.41, 5.74) is 9.46. The van der Waals surface area contributed by atoms with Crippen molar-refractivity contribution >= 4 is 29.1 Å². The molecule has 1 aliphatic heterocycles. The molecule has 0 bridgehead atoms. The number of fused-ring (bicyclic) bond motifs is 2. The Hall–Kier alpha value is -2.78. The van der Waals surface area contributed by atoms with Gasteiger partial charge in [-0.3, -0.25) is 0 Å². The predicted molar refractivity (Wildman–Crippen MR) is 128 cm³/mol. The third-order valence-electron chi connectivity index (χ3n) is 6.42. The molecule has 3 nitrogen and oxygen atoms in total. The van der Waals surface area contributed by atoms with E-state index in [1.165, 1.54) is 44.4 Å². The van der Waals surface area contributed by atoms with Crippen LogP contribution in [0.5, 0.6) is 0 Å². The van der Waals surface area contributed by atoms with E-state index >= 15 is 0 Å². The van der Waals surface area contributed by atoms with Crippen LogP contribution in [0, 0.1) is 20.8 Å². The summed E-state index contributed by atoms with van der Waals surface area (Å²) in [4.78, 5) is 7.33. The van der Waals surface area contributed by atoms with Crippen LogP contribution in [-0.4, -0.2) is 16.1 Å². The average molecular weight is 418 g/mol. The van der Waals surface area contributed by atoms with Crippen LogP contribution in [0.15, 0.2) is 60.8 Å². The second-order valence-corrected chi connectivity index (χ2v) is 8.25. The van der Waals surface area contributed by atoms with Gasteiger partial charge in [-0.15, -0.1) is 12.4 Å². The summed E-state index contributed by atoms with van der Waals surface area (Å²) < 4.78 is 2.46. The number of pyridine rings is 1. The maximum Gasteiger partial charge on any atom is 0.153 e. The van der Waals surface area contributed by atoms with Gasteiger partial charge in [-0.2, -0.15) is 0 Å². The summed E-state index contributed by atoms with van der Waals surface area (Å²) in [5.74, 6) is 1.11. The van der Waals surface area contributed by atoms with Gasteiger partial charge in [0.15, 0.2) is 5.82 Å². The first-order valence-corrected chi connectivity index (χ1v) is 10.4. The first kappa shape index (κ1) is 20.5. The van der Waals surface area contributed by atoms with Crippen molar-refractivity contribution in [3.63, 3.8) is 0 Å². The van der Waals surface area contributed by atoms with Crippen LogP contribution >= 0.6 is 12.4 Å². The van der Waals surface area contributed by atoms with Crippen molar-refractivity contribution in [3.8, 4) is 0 Å². The molecule has 30 heavy (non-hydrogen) atoms. The van der Waals surface area contributed by atoms with E-state index in [0.717, 1.165) is 31.9 Å². The second-order valence-electron chi connectivity index (χ2n) is 8.25. The standard InChI is InChI=1S/C26H27N3.ClH/c1-18-8-10-21(11-9-18)16-29-20(3)19(2)24-12-14-27-26(25(24)29)28-15-13-22-6-4-5-7-23(22)17-28;/h4-12,14H,13,15-17H2,1-3H3;1H. The normalized spacial score (nSPS) is 13.2. The predicted octanol–water partition coefficient (Wildman–Crippen LogP) is 5.99. The highest BCUT2D eigenvalue weighted by molar-refractivity contribution is 5.93. The van der Waals surface area contributed by atoms with Crippen molar-refractivity contribution in [3.05, 3.63) is 94.3 Å². The summed E-state index contributed by atoms with van der Waals surface area (Å²) in [6.45, 7) is 9.42. The number of benzene rings is 2. The van der Waals surface area contributed by atoms with Crippen molar-refractivity contribution in [2.75, 3.05) is 11.4 Å². The van der Waals surface area contributed by atoms with Gasteiger partial charge in [0, 0.05) is 36.9 Å². The van der Waals surface area contributed by atoms with Crippen LogP contribution < -0.4 is 4.90 Å². The molecule has 5 rings (SSSR count). The maximum atomic E-state index is 4.88. The lowest BCUT2D eigenvalue weighted by Crippen LogP contribution is -2.31. The van der Waals surface area contributed by atoms with E-state index in [1.807, 2.05) is 6.20 Å². The number of hydrogen-bond donors (Lipinski definition) is 0. The van der Waals surface area contributed by atoms with Gasteiger partial charge in [-0.1, -0.05) is 54.1 Å². The molecule has 0 saturated heterocycles. The number of rotatable bonds is 3. The highest BCUT2D eigenvalue weighted by atomic mass is 35.5. The number of hydrogen-bond acceptors (Lipinski definition) is 2. The Balaban J connectivity index is 0.00000218. The lowest BCUT2D eigenvalue weighted by Gasteiger charge is -2.30. The van der Waals surface area contributed by atoms with Gasteiger partial charge in [0.25, 0.3) is 0 Å². The third-order valence-corrected chi connectivity index (χ3v) is 6.42. The fourth-order valence-corrected chi connectivity index (χ4v) is 4.56. The van der Waals surface area contributed by atoms with Crippen LogP contribution in [0.1, 0.15) is 33.5 Å². The third kappa shape index (κ3) is 3.48. The molecule has 0 atom stereocenters. The summed E-state index contributed by atoms with van der Waals surface area (Å²) >= 11 is 0. The zero-order valence-electron chi connectivity index (χ0n) is 17.9. The highest BCUT2D eigenvalue weighted by Gasteiger charge is 2.22. The molecule has 4 aromatic rings. The van der Waals surface area contributed by atoms with E-state index in [9.17, 15) is 0 Å². The Morgan fingerprint density at radius 2 is 1.63 bits per heavy atom. The molecule has 2 aromatic carbocycles. The minimum atomic E-state index is 0. The van der Waals surface area contributed by atoms with E-state index in [2.05, 4.69) is 84.8 Å². The molecule has 0 N–H and O–H groups in total. The molecule has 0 aliphatic carbocycles. The lowest BCUT2D eigenvalue weighted by molar-refractivity contribution is 0.717. The van der Waals surface area contributed by atoms with Crippen LogP contribution in [-0.2, 0) is 19.5 Å². The van der Waals surface area contributed by atoms with Gasteiger partial charge in [0.05, 0.1) is 5.52 Å². The molecule has 1 aliphatic rings. The van der Waals surface area contributed by atoms with Gasteiger partial charge in [0.2, 0.25) is 0 Å². The molecule has 0 amide bonds. The van der Waals surface area contributed by atoms with Crippen molar-refractivity contribution in [1.29, 1.82) is 0 Å². The van der Waals surface area contributed by atoms with Crippen molar-refractivity contribution in [1.82, 2.24) is 9.55 Å². The summed E-state index contributed by atoms with van der Waals surface area (Å²) in [6, 6.07) is 19.8. The molecule has 0 radical (unpaired) electrons. The first-order valence-electron chi connectivity index (χ1n) is 10.4. The number of aryl methyl sites for hydroxylation is 2. The highest BCUT2D eigenvalue weighted by Crippen LogP contribution is 2.34. The van der Waals surface area contributed by atoms with Gasteiger partial charge >= 0.3 is 0 Å². The number of nitrogens with zero attached hydrogens (tertiary/aromatic N) is 3. The molecule has 3 heterocycles. The van der Waals surface area contributed by atoms with E-state index in [1.54, 1.807) is 0 Å². The lowest BCUT2D eigenvalue weighted by atomic mass is 10.00. The number of halogens is 1. The van der Waals surface area contributed by atoms with Crippen LogP contribution in [0.2, 0.25) is 0 Å². The monoisotopic (exact) mass is 417 g/mol. The zero-order valence-corrected chi connectivity index (χ0v) is 18.7. The van der Waals surface area contributed by atoms with Crippen LogP contribution in [0.25, 0.3) is 10.9 Å². The minimum absolute atomic E-state index is 0. The van der Waals surface area contributed by atoms with E-state index in [4.69, 9.17) is 4.98 Å². The van der Waals surface area contributed by atoms with Crippen molar-refractivity contribution < 1.29 is 0 Å². The van der Waals surface area contributed by atoms with E-state index in [-0.39, 0.29) is 12.4 Å². The summed E-state index contributed by atoms with van der Waals surface area (Å²) in [6.07, 6.45) is 3.05. The first-order chi connectivity index (χ1) is 14.1.